The number of carbonyl (C=O) groups is 3. The Kier molecular flexibility index (Phi) is 7.02. The molecule has 0 aromatic heterocycles. The number of thioether (sulfide) groups is 1. The number of nitrogens with one attached hydrogen (secondary N) is 1. The zero-order chi connectivity index (χ0) is 21.7. The van der Waals surface area contributed by atoms with Crippen LogP contribution in [0.25, 0.3) is 6.08 Å². The topological polar surface area (TPSA) is 86.7 Å². The van der Waals surface area contributed by atoms with Crippen molar-refractivity contribution < 1.29 is 19.5 Å². The zero-order valence-electron chi connectivity index (χ0n) is 16.3. The van der Waals surface area contributed by atoms with Crippen LogP contribution < -0.4 is 5.32 Å². The van der Waals surface area contributed by atoms with Crippen molar-refractivity contribution in [3.05, 3.63) is 70.1 Å². The smallest absolute Gasteiger partial charge is 0.335 e. The maximum atomic E-state index is 12.7. The molecule has 3 rings (SSSR count). The molecule has 154 valence electrons. The number of aryl methyl sites for hydroxylation is 1. The van der Waals surface area contributed by atoms with Crippen molar-refractivity contribution in [3.8, 4) is 0 Å². The van der Waals surface area contributed by atoms with E-state index >= 15 is 0 Å². The summed E-state index contributed by atoms with van der Waals surface area (Å²) in [6, 6.07) is 14.0. The zero-order valence-corrected chi connectivity index (χ0v) is 17.9. The molecule has 0 radical (unpaired) electrons. The summed E-state index contributed by atoms with van der Waals surface area (Å²) >= 11 is 6.53. The van der Waals surface area contributed by atoms with Gasteiger partial charge < -0.3 is 10.4 Å². The predicted molar refractivity (Wildman–Crippen MR) is 122 cm³/mol. The Morgan fingerprint density at radius 1 is 1.20 bits per heavy atom. The summed E-state index contributed by atoms with van der Waals surface area (Å²) in [5, 5.41) is 11.7. The Morgan fingerprint density at radius 3 is 2.60 bits per heavy atom. The van der Waals surface area contributed by atoms with Gasteiger partial charge in [-0.15, -0.1) is 0 Å². The van der Waals surface area contributed by atoms with Gasteiger partial charge in [0.2, 0.25) is 5.91 Å². The molecule has 30 heavy (non-hydrogen) atoms. The van der Waals surface area contributed by atoms with Crippen molar-refractivity contribution in [2.24, 2.45) is 0 Å². The number of nitrogens with zero attached hydrogens (tertiary/aromatic N) is 1. The van der Waals surface area contributed by atoms with Crippen LogP contribution in [0.5, 0.6) is 0 Å². The van der Waals surface area contributed by atoms with Crippen LogP contribution in [-0.2, 0) is 16.0 Å². The monoisotopic (exact) mass is 440 g/mol. The first-order valence-electron chi connectivity index (χ1n) is 9.35. The van der Waals surface area contributed by atoms with Gasteiger partial charge in [0.05, 0.1) is 10.5 Å². The summed E-state index contributed by atoms with van der Waals surface area (Å²) in [5.74, 6) is -1.62. The Morgan fingerprint density at radius 2 is 1.93 bits per heavy atom. The van der Waals surface area contributed by atoms with Gasteiger partial charge in [0, 0.05) is 18.7 Å². The molecule has 2 aromatic carbocycles. The van der Waals surface area contributed by atoms with Crippen molar-refractivity contribution >= 4 is 57.8 Å². The van der Waals surface area contributed by atoms with Crippen LogP contribution in [0, 0.1) is 0 Å². The number of hydrogen-bond donors (Lipinski definition) is 2. The molecule has 6 nitrogen and oxygen atoms in total. The van der Waals surface area contributed by atoms with Crippen LogP contribution >= 0.6 is 24.0 Å². The van der Waals surface area contributed by atoms with E-state index in [-0.39, 0.29) is 30.3 Å². The number of anilines is 1. The maximum absolute atomic E-state index is 12.7. The summed E-state index contributed by atoms with van der Waals surface area (Å²) in [6.07, 6.45) is 2.80. The molecular formula is C22H20N2O4S2. The Hall–Kier alpha value is -2.97. The quantitative estimate of drug-likeness (QED) is 0.496. The summed E-state index contributed by atoms with van der Waals surface area (Å²) in [7, 11) is 0. The molecule has 0 unspecified atom stereocenters. The molecule has 0 aliphatic carbocycles. The lowest BCUT2D eigenvalue weighted by atomic mass is 10.1. The number of hydrogen-bond acceptors (Lipinski definition) is 5. The van der Waals surface area contributed by atoms with Crippen molar-refractivity contribution in [2.75, 3.05) is 11.9 Å². The fourth-order valence-corrected chi connectivity index (χ4v) is 4.17. The second-order valence-electron chi connectivity index (χ2n) is 6.61. The first kappa shape index (κ1) is 21.7. The SMILES string of the molecule is CCc1ccc(/C=C2/SC(=S)N(CCC(=O)Nc3cccc(C(=O)O)c3)C2=O)cc1. The van der Waals surface area contributed by atoms with E-state index < -0.39 is 5.97 Å². The normalized spacial score (nSPS) is 15.0. The molecule has 2 amide bonds. The number of rotatable bonds is 7. The molecule has 8 heteroatoms. The lowest BCUT2D eigenvalue weighted by molar-refractivity contribution is -0.122. The minimum absolute atomic E-state index is 0.0439. The Bertz CT molecular complexity index is 1030. The lowest BCUT2D eigenvalue weighted by Gasteiger charge is -2.14. The number of carboxylic acid groups (broad SMARTS) is 1. The minimum Gasteiger partial charge on any atom is -0.478 e. The molecule has 0 bridgehead atoms. The van der Waals surface area contributed by atoms with E-state index in [0.29, 0.717) is 14.9 Å². The molecule has 0 spiro atoms. The molecule has 0 saturated carbocycles. The van der Waals surface area contributed by atoms with Gasteiger partial charge in [-0.2, -0.15) is 0 Å². The van der Waals surface area contributed by atoms with Gasteiger partial charge in [-0.1, -0.05) is 61.2 Å². The van der Waals surface area contributed by atoms with E-state index in [4.69, 9.17) is 17.3 Å². The molecule has 1 aliphatic rings. The summed E-state index contributed by atoms with van der Waals surface area (Å²) in [5.41, 5.74) is 2.62. The van der Waals surface area contributed by atoms with E-state index in [9.17, 15) is 14.4 Å². The molecular weight excluding hydrogens is 420 g/mol. The van der Waals surface area contributed by atoms with E-state index in [1.54, 1.807) is 18.2 Å². The Labute approximate surface area is 184 Å². The fourth-order valence-electron chi connectivity index (χ4n) is 2.86. The van der Waals surface area contributed by atoms with E-state index in [2.05, 4.69) is 12.2 Å². The van der Waals surface area contributed by atoms with Gasteiger partial charge in [-0.05, 0) is 41.8 Å². The first-order valence-corrected chi connectivity index (χ1v) is 10.6. The van der Waals surface area contributed by atoms with Crippen LogP contribution in [0.4, 0.5) is 5.69 Å². The third kappa shape index (κ3) is 5.34. The number of thiocarbonyl (C=S) groups is 1. The predicted octanol–water partition coefficient (Wildman–Crippen LogP) is 4.18. The van der Waals surface area contributed by atoms with Crippen LogP contribution in [-0.4, -0.2) is 38.7 Å². The molecule has 1 aliphatic heterocycles. The third-order valence-corrected chi connectivity index (χ3v) is 5.89. The Balaban J connectivity index is 1.60. The maximum Gasteiger partial charge on any atom is 0.335 e. The highest BCUT2D eigenvalue weighted by Gasteiger charge is 2.32. The molecule has 2 N–H and O–H groups in total. The van der Waals surface area contributed by atoms with Crippen molar-refractivity contribution in [3.63, 3.8) is 0 Å². The van der Waals surface area contributed by atoms with E-state index in [1.807, 2.05) is 24.3 Å². The van der Waals surface area contributed by atoms with Gasteiger partial charge in [0.15, 0.2) is 0 Å². The van der Waals surface area contributed by atoms with E-state index in [1.165, 1.54) is 34.4 Å². The highest BCUT2D eigenvalue weighted by molar-refractivity contribution is 8.26. The van der Waals surface area contributed by atoms with Crippen molar-refractivity contribution in [1.82, 2.24) is 4.90 Å². The molecule has 1 fully saturated rings. The van der Waals surface area contributed by atoms with Crippen molar-refractivity contribution in [2.45, 2.75) is 19.8 Å². The number of benzene rings is 2. The molecule has 2 aromatic rings. The molecule has 0 atom stereocenters. The standard InChI is InChI=1S/C22H20N2O4S2/c1-2-14-6-8-15(9-7-14)12-18-20(26)24(22(29)30-18)11-10-19(25)23-17-5-3-4-16(13-17)21(27)28/h3-9,12-13H,2,10-11H2,1H3,(H,23,25)(H,27,28)/b18-12+. The number of carboxylic acids is 1. The average molecular weight is 441 g/mol. The third-order valence-electron chi connectivity index (χ3n) is 4.52. The second kappa shape index (κ2) is 9.69. The second-order valence-corrected chi connectivity index (χ2v) is 8.29. The van der Waals surface area contributed by atoms with Gasteiger partial charge in [-0.3, -0.25) is 14.5 Å². The van der Waals surface area contributed by atoms with Crippen LogP contribution in [0.2, 0.25) is 0 Å². The van der Waals surface area contributed by atoms with Crippen LogP contribution in [0.3, 0.4) is 0 Å². The van der Waals surface area contributed by atoms with Gasteiger partial charge in [0.1, 0.15) is 4.32 Å². The van der Waals surface area contributed by atoms with Gasteiger partial charge in [0.25, 0.3) is 5.91 Å². The fraction of sp³-hybridized carbons (Fsp3) is 0.182. The summed E-state index contributed by atoms with van der Waals surface area (Å²) < 4.78 is 0.414. The number of amides is 2. The van der Waals surface area contributed by atoms with Crippen LogP contribution in [0.1, 0.15) is 34.8 Å². The van der Waals surface area contributed by atoms with Gasteiger partial charge in [-0.25, -0.2) is 4.79 Å². The number of aromatic carboxylic acids is 1. The van der Waals surface area contributed by atoms with E-state index in [0.717, 1.165) is 12.0 Å². The minimum atomic E-state index is -1.07. The highest BCUT2D eigenvalue weighted by Crippen LogP contribution is 2.32. The van der Waals surface area contributed by atoms with Gasteiger partial charge >= 0.3 is 5.97 Å². The number of carbonyl (C=O) groups excluding carboxylic acids is 2. The largest absolute Gasteiger partial charge is 0.478 e. The lowest BCUT2D eigenvalue weighted by Crippen LogP contribution is -2.31. The van der Waals surface area contributed by atoms with Crippen molar-refractivity contribution in [1.29, 1.82) is 0 Å². The highest BCUT2D eigenvalue weighted by atomic mass is 32.2. The van der Waals surface area contributed by atoms with Crippen LogP contribution in [0.15, 0.2) is 53.4 Å². The molecule has 1 heterocycles. The first-order chi connectivity index (χ1) is 14.4. The summed E-state index contributed by atoms with van der Waals surface area (Å²) in [6.45, 7) is 2.24. The average Bonchev–Trinajstić information content (AvgIpc) is 2.99. The summed E-state index contributed by atoms with van der Waals surface area (Å²) in [4.78, 5) is 37.9. The molecule has 1 saturated heterocycles.